The molecule has 1 N–H and O–H groups in total. The highest BCUT2D eigenvalue weighted by Gasteiger charge is 2.14. The van der Waals surface area contributed by atoms with Crippen molar-refractivity contribution < 1.29 is 4.52 Å². The second kappa shape index (κ2) is 6.04. The second-order valence-corrected chi connectivity index (χ2v) is 5.20. The van der Waals surface area contributed by atoms with Crippen LogP contribution in [0.15, 0.2) is 22.9 Å². The molecule has 1 saturated heterocycles. The van der Waals surface area contributed by atoms with E-state index in [1.807, 2.05) is 19.1 Å². The van der Waals surface area contributed by atoms with Crippen LogP contribution in [-0.4, -0.2) is 41.2 Å². The first kappa shape index (κ1) is 13.7. The number of nitriles is 1. The van der Waals surface area contributed by atoms with E-state index in [4.69, 9.17) is 9.78 Å². The molecule has 0 unspecified atom stereocenters. The summed E-state index contributed by atoms with van der Waals surface area (Å²) in [6.45, 7) is 6.72. The van der Waals surface area contributed by atoms with Gasteiger partial charge in [0.2, 0.25) is 0 Å². The molecule has 3 heterocycles. The van der Waals surface area contributed by atoms with E-state index in [1.165, 1.54) is 0 Å². The monoisotopic (exact) mass is 283 g/mol. The summed E-state index contributed by atoms with van der Waals surface area (Å²) in [6, 6.07) is 5.91. The Morgan fingerprint density at radius 2 is 2.14 bits per heavy atom. The van der Waals surface area contributed by atoms with E-state index in [2.05, 4.69) is 26.4 Å². The molecule has 6 nitrogen and oxygen atoms in total. The Bertz CT molecular complexity index is 667. The molecule has 2 aromatic heterocycles. The lowest BCUT2D eigenvalue weighted by Gasteiger charge is -2.25. The van der Waals surface area contributed by atoms with Gasteiger partial charge in [0.05, 0.1) is 17.8 Å². The average molecular weight is 283 g/mol. The summed E-state index contributed by atoms with van der Waals surface area (Å²) in [4.78, 5) is 6.60. The van der Waals surface area contributed by atoms with Crippen LogP contribution in [0.1, 0.15) is 16.9 Å². The Balaban J connectivity index is 1.75. The molecule has 1 aliphatic rings. The van der Waals surface area contributed by atoms with Gasteiger partial charge in [-0.15, -0.1) is 0 Å². The summed E-state index contributed by atoms with van der Waals surface area (Å²) in [5.41, 5.74) is 2.94. The zero-order chi connectivity index (χ0) is 14.7. The predicted octanol–water partition coefficient (Wildman–Crippen LogP) is 1.32. The van der Waals surface area contributed by atoms with Crippen LogP contribution in [0.4, 0.5) is 0 Å². The molecule has 0 atom stereocenters. The molecule has 21 heavy (non-hydrogen) atoms. The Morgan fingerprint density at radius 1 is 1.33 bits per heavy atom. The molecule has 2 aromatic rings. The molecular formula is C15H17N5O. The summed E-state index contributed by atoms with van der Waals surface area (Å²) in [7, 11) is 0. The lowest BCUT2D eigenvalue weighted by atomic mass is 10.1. The molecule has 0 spiro atoms. The van der Waals surface area contributed by atoms with Crippen molar-refractivity contribution in [1.82, 2.24) is 20.4 Å². The maximum Gasteiger partial charge on any atom is 0.151 e. The van der Waals surface area contributed by atoms with Gasteiger partial charge in [0.15, 0.2) is 5.76 Å². The number of rotatable bonds is 3. The molecule has 108 valence electrons. The largest absolute Gasteiger partial charge is 0.359 e. The normalized spacial score (nSPS) is 15.8. The Morgan fingerprint density at radius 3 is 2.86 bits per heavy atom. The third kappa shape index (κ3) is 3.10. The summed E-state index contributed by atoms with van der Waals surface area (Å²) >= 11 is 0. The summed E-state index contributed by atoms with van der Waals surface area (Å²) in [6.07, 6.45) is 1.58. The molecule has 0 amide bonds. The molecule has 0 bridgehead atoms. The number of piperazine rings is 1. The Hall–Kier alpha value is -2.23. The van der Waals surface area contributed by atoms with E-state index in [1.54, 1.807) is 6.20 Å². The molecular weight excluding hydrogens is 266 g/mol. The second-order valence-electron chi connectivity index (χ2n) is 5.20. The maximum absolute atomic E-state index is 8.93. The number of hydrogen-bond donors (Lipinski definition) is 1. The standard InChI is InChI=1S/C15H17N5O/c1-11-6-14(18-9-12(11)8-16)15-7-13(21-19-15)10-20-4-2-17-3-5-20/h6-7,9,17H,2-5,10H2,1H3. The van der Waals surface area contributed by atoms with E-state index in [0.29, 0.717) is 11.3 Å². The third-order valence-electron chi connectivity index (χ3n) is 3.64. The minimum atomic E-state index is 0.586. The highest BCUT2D eigenvalue weighted by Crippen LogP contribution is 2.20. The van der Waals surface area contributed by atoms with E-state index in [0.717, 1.165) is 49.7 Å². The van der Waals surface area contributed by atoms with Gasteiger partial charge in [-0.2, -0.15) is 5.26 Å². The minimum Gasteiger partial charge on any atom is -0.359 e. The average Bonchev–Trinajstić information content (AvgIpc) is 2.97. The number of pyridine rings is 1. The number of nitrogens with one attached hydrogen (secondary N) is 1. The smallest absolute Gasteiger partial charge is 0.151 e. The fourth-order valence-electron chi connectivity index (χ4n) is 2.41. The number of nitrogens with zero attached hydrogens (tertiary/aromatic N) is 4. The van der Waals surface area contributed by atoms with Crippen molar-refractivity contribution >= 4 is 0 Å². The van der Waals surface area contributed by atoms with Gasteiger partial charge in [-0.1, -0.05) is 5.16 Å². The van der Waals surface area contributed by atoms with Gasteiger partial charge < -0.3 is 9.84 Å². The summed E-state index contributed by atoms with van der Waals surface area (Å²) < 4.78 is 5.40. The van der Waals surface area contributed by atoms with Gasteiger partial charge in [0, 0.05) is 38.4 Å². The van der Waals surface area contributed by atoms with Crippen LogP contribution in [0.5, 0.6) is 0 Å². The van der Waals surface area contributed by atoms with Crippen LogP contribution in [0.2, 0.25) is 0 Å². The van der Waals surface area contributed by atoms with Crippen LogP contribution in [0.25, 0.3) is 11.4 Å². The molecule has 0 radical (unpaired) electrons. The SMILES string of the molecule is Cc1cc(-c2cc(CN3CCNCC3)on2)ncc1C#N. The lowest BCUT2D eigenvalue weighted by Crippen LogP contribution is -2.42. The van der Waals surface area contributed by atoms with Crippen molar-refractivity contribution in [2.75, 3.05) is 26.2 Å². The van der Waals surface area contributed by atoms with E-state index >= 15 is 0 Å². The van der Waals surface area contributed by atoms with Gasteiger partial charge in [0.25, 0.3) is 0 Å². The molecule has 0 aromatic carbocycles. The van der Waals surface area contributed by atoms with Crippen LogP contribution in [-0.2, 0) is 6.54 Å². The zero-order valence-corrected chi connectivity index (χ0v) is 12.0. The molecule has 0 saturated carbocycles. The Labute approximate surface area is 123 Å². The topological polar surface area (TPSA) is 78.0 Å². The first-order valence-corrected chi connectivity index (χ1v) is 7.02. The van der Waals surface area contributed by atoms with Gasteiger partial charge in [-0.05, 0) is 18.6 Å². The van der Waals surface area contributed by atoms with Gasteiger partial charge >= 0.3 is 0 Å². The van der Waals surface area contributed by atoms with E-state index < -0.39 is 0 Å². The Kier molecular flexibility index (Phi) is 3.95. The van der Waals surface area contributed by atoms with Crippen LogP contribution in [0, 0.1) is 18.3 Å². The quantitative estimate of drug-likeness (QED) is 0.915. The molecule has 0 aliphatic carbocycles. The van der Waals surface area contributed by atoms with Crippen molar-refractivity contribution in [3.63, 3.8) is 0 Å². The van der Waals surface area contributed by atoms with Crippen LogP contribution in [0.3, 0.4) is 0 Å². The van der Waals surface area contributed by atoms with Gasteiger partial charge in [-0.3, -0.25) is 9.88 Å². The first-order valence-electron chi connectivity index (χ1n) is 7.02. The van der Waals surface area contributed by atoms with Crippen molar-refractivity contribution in [3.8, 4) is 17.5 Å². The van der Waals surface area contributed by atoms with Gasteiger partial charge in [-0.25, -0.2) is 0 Å². The van der Waals surface area contributed by atoms with Crippen molar-refractivity contribution in [1.29, 1.82) is 5.26 Å². The van der Waals surface area contributed by atoms with Crippen molar-refractivity contribution in [3.05, 3.63) is 35.2 Å². The fourth-order valence-corrected chi connectivity index (χ4v) is 2.41. The number of aromatic nitrogens is 2. The predicted molar refractivity (Wildman–Crippen MR) is 77.3 cm³/mol. The van der Waals surface area contributed by atoms with Crippen LogP contribution >= 0.6 is 0 Å². The maximum atomic E-state index is 8.93. The van der Waals surface area contributed by atoms with E-state index in [9.17, 15) is 0 Å². The first-order chi connectivity index (χ1) is 10.3. The molecule has 6 heteroatoms. The minimum absolute atomic E-state index is 0.586. The highest BCUT2D eigenvalue weighted by molar-refractivity contribution is 5.56. The summed E-state index contributed by atoms with van der Waals surface area (Å²) in [5, 5.41) is 16.3. The van der Waals surface area contributed by atoms with E-state index in [-0.39, 0.29) is 0 Å². The zero-order valence-electron chi connectivity index (χ0n) is 12.0. The van der Waals surface area contributed by atoms with Crippen molar-refractivity contribution in [2.24, 2.45) is 0 Å². The molecule has 1 aliphatic heterocycles. The fraction of sp³-hybridized carbons (Fsp3) is 0.400. The molecule has 1 fully saturated rings. The molecule has 3 rings (SSSR count). The highest BCUT2D eigenvalue weighted by atomic mass is 16.5. The van der Waals surface area contributed by atoms with Gasteiger partial charge in [0.1, 0.15) is 11.8 Å². The number of aryl methyl sites for hydroxylation is 1. The third-order valence-corrected chi connectivity index (χ3v) is 3.64. The van der Waals surface area contributed by atoms with Crippen molar-refractivity contribution in [2.45, 2.75) is 13.5 Å². The van der Waals surface area contributed by atoms with Crippen LogP contribution < -0.4 is 5.32 Å². The lowest BCUT2D eigenvalue weighted by molar-refractivity contribution is 0.207. The summed E-state index contributed by atoms with van der Waals surface area (Å²) in [5.74, 6) is 0.843. The number of hydrogen-bond acceptors (Lipinski definition) is 6.